The predicted octanol–water partition coefficient (Wildman–Crippen LogP) is 4.20. The molecule has 1 aromatic carbocycles. The molecule has 2 aromatic rings. The second-order valence-electron chi connectivity index (χ2n) is 4.36. The Labute approximate surface area is 126 Å². The van der Waals surface area contributed by atoms with Crippen molar-refractivity contribution in [3.8, 4) is 0 Å². The van der Waals surface area contributed by atoms with Crippen LogP contribution in [0.3, 0.4) is 0 Å². The van der Waals surface area contributed by atoms with Crippen LogP contribution in [0.25, 0.3) is 0 Å². The van der Waals surface area contributed by atoms with Crippen LogP contribution in [0.4, 0.5) is 0 Å². The maximum absolute atomic E-state index is 11.6. The Morgan fingerprint density at radius 1 is 1.26 bits per heavy atom. The van der Waals surface area contributed by atoms with E-state index in [-0.39, 0.29) is 4.83 Å². The fourth-order valence-corrected chi connectivity index (χ4v) is 4.14. The van der Waals surface area contributed by atoms with E-state index in [1.54, 1.807) is 29.5 Å². The molecule has 0 aliphatic rings. The van der Waals surface area contributed by atoms with Crippen molar-refractivity contribution in [3.05, 3.63) is 51.7 Å². The average Bonchev–Trinajstić information content (AvgIpc) is 2.86. The molecule has 0 fully saturated rings. The molecule has 0 amide bonds. The van der Waals surface area contributed by atoms with E-state index < -0.39 is 9.84 Å². The standard InChI is InChI=1S/C14H15BrO2S2/c1-3-11-7-8-13(18-11)14(15)10-5-4-6-12(9-10)19(2,16)17/h4-9,14H,3H2,1-2H3. The Bertz CT molecular complexity index is 674. The molecule has 0 saturated carbocycles. The zero-order chi connectivity index (χ0) is 14.0. The largest absolute Gasteiger partial charge is 0.224 e. The molecule has 102 valence electrons. The Kier molecular flexibility index (Phi) is 4.48. The van der Waals surface area contributed by atoms with Gasteiger partial charge in [0.05, 0.1) is 9.72 Å². The summed E-state index contributed by atoms with van der Waals surface area (Å²) in [6.45, 7) is 2.13. The highest BCUT2D eigenvalue weighted by Crippen LogP contribution is 2.36. The minimum Gasteiger partial charge on any atom is -0.224 e. The number of benzene rings is 1. The van der Waals surface area contributed by atoms with E-state index in [1.165, 1.54) is 16.0 Å². The fraction of sp³-hybridized carbons (Fsp3) is 0.286. The van der Waals surface area contributed by atoms with Crippen LogP contribution in [-0.4, -0.2) is 14.7 Å². The van der Waals surface area contributed by atoms with E-state index in [2.05, 4.69) is 35.0 Å². The highest BCUT2D eigenvalue weighted by atomic mass is 79.9. The fourth-order valence-electron chi connectivity index (χ4n) is 1.79. The van der Waals surface area contributed by atoms with Gasteiger partial charge in [-0.25, -0.2) is 8.42 Å². The molecule has 0 saturated heterocycles. The van der Waals surface area contributed by atoms with Crippen molar-refractivity contribution in [2.24, 2.45) is 0 Å². The van der Waals surface area contributed by atoms with Gasteiger partial charge in [-0.05, 0) is 36.2 Å². The first-order valence-electron chi connectivity index (χ1n) is 5.94. The number of alkyl halides is 1. The van der Waals surface area contributed by atoms with E-state index in [9.17, 15) is 8.42 Å². The lowest BCUT2D eigenvalue weighted by Crippen LogP contribution is -1.99. The molecular formula is C14H15BrO2S2. The molecule has 0 aliphatic heterocycles. The van der Waals surface area contributed by atoms with Gasteiger partial charge in [0.25, 0.3) is 0 Å². The molecule has 0 N–H and O–H groups in total. The van der Waals surface area contributed by atoms with Crippen molar-refractivity contribution < 1.29 is 8.42 Å². The van der Waals surface area contributed by atoms with E-state index >= 15 is 0 Å². The molecule has 1 unspecified atom stereocenters. The number of rotatable bonds is 4. The molecule has 5 heteroatoms. The van der Waals surface area contributed by atoms with Gasteiger partial charge in [-0.2, -0.15) is 0 Å². The van der Waals surface area contributed by atoms with E-state index in [1.807, 2.05) is 6.07 Å². The first-order chi connectivity index (χ1) is 8.91. The van der Waals surface area contributed by atoms with Gasteiger partial charge in [0.15, 0.2) is 9.84 Å². The molecule has 19 heavy (non-hydrogen) atoms. The first-order valence-corrected chi connectivity index (χ1v) is 9.57. The molecule has 0 aliphatic carbocycles. The SMILES string of the molecule is CCc1ccc(C(Br)c2cccc(S(C)(=O)=O)c2)s1. The van der Waals surface area contributed by atoms with Crippen LogP contribution < -0.4 is 0 Å². The summed E-state index contributed by atoms with van der Waals surface area (Å²) in [7, 11) is -3.16. The summed E-state index contributed by atoms with van der Waals surface area (Å²) < 4.78 is 23.2. The second-order valence-corrected chi connectivity index (χ2v) is 8.50. The van der Waals surface area contributed by atoms with Crippen LogP contribution in [0.5, 0.6) is 0 Å². The number of hydrogen-bond acceptors (Lipinski definition) is 3. The second kappa shape index (κ2) is 5.77. The number of aryl methyl sites for hydroxylation is 1. The Balaban J connectivity index is 2.36. The van der Waals surface area contributed by atoms with Gasteiger partial charge in [0, 0.05) is 16.0 Å². The number of halogens is 1. The minimum absolute atomic E-state index is 0.0412. The number of hydrogen-bond donors (Lipinski definition) is 0. The topological polar surface area (TPSA) is 34.1 Å². The van der Waals surface area contributed by atoms with Gasteiger partial charge < -0.3 is 0 Å². The zero-order valence-electron chi connectivity index (χ0n) is 10.8. The monoisotopic (exact) mass is 358 g/mol. The van der Waals surface area contributed by atoms with Crippen molar-refractivity contribution >= 4 is 37.1 Å². The summed E-state index contributed by atoms with van der Waals surface area (Å²) >= 11 is 5.41. The molecule has 2 nitrogen and oxygen atoms in total. The smallest absolute Gasteiger partial charge is 0.175 e. The van der Waals surface area contributed by atoms with Crippen LogP contribution in [0, 0.1) is 0 Å². The molecule has 2 rings (SSSR count). The van der Waals surface area contributed by atoms with Gasteiger partial charge in [-0.15, -0.1) is 11.3 Å². The minimum atomic E-state index is -3.16. The average molecular weight is 359 g/mol. The Hall–Kier alpha value is -0.650. The lowest BCUT2D eigenvalue weighted by Gasteiger charge is -2.09. The van der Waals surface area contributed by atoms with Crippen LogP contribution in [0.15, 0.2) is 41.3 Å². The van der Waals surface area contributed by atoms with Crippen LogP contribution in [0.1, 0.15) is 27.1 Å². The summed E-state index contributed by atoms with van der Waals surface area (Å²) in [5.41, 5.74) is 0.965. The van der Waals surface area contributed by atoms with Crippen molar-refractivity contribution in [3.63, 3.8) is 0 Å². The highest BCUT2D eigenvalue weighted by molar-refractivity contribution is 9.09. The van der Waals surface area contributed by atoms with Crippen LogP contribution >= 0.6 is 27.3 Å². The molecule has 1 atom stereocenters. The molecular weight excluding hydrogens is 344 g/mol. The lowest BCUT2D eigenvalue weighted by atomic mass is 10.1. The van der Waals surface area contributed by atoms with E-state index in [0.717, 1.165) is 12.0 Å². The van der Waals surface area contributed by atoms with Gasteiger partial charge in [0.1, 0.15) is 0 Å². The normalized spacial score (nSPS) is 13.4. The maximum atomic E-state index is 11.6. The van der Waals surface area contributed by atoms with E-state index in [4.69, 9.17) is 0 Å². The number of sulfone groups is 1. The summed E-state index contributed by atoms with van der Waals surface area (Å²) in [5, 5.41) is 0. The van der Waals surface area contributed by atoms with Crippen LogP contribution in [0.2, 0.25) is 0 Å². The van der Waals surface area contributed by atoms with Gasteiger partial charge in [-0.1, -0.05) is 35.0 Å². The molecule has 0 bridgehead atoms. The highest BCUT2D eigenvalue weighted by Gasteiger charge is 2.15. The van der Waals surface area contributed by atoms with Crippen molar-refractivity contribution in [1.29, 1.82) is 0 Å². The summed E-state index contributed by atoms with van der Waals surface area (Å²) in [6.07, 6.45) is 2.25. The zero-order valence-corrected chi connectivity index (χ0v) is 14.0. The van der Waals surface area contributed by atoms with E-state index in [0.29, 0.717) is 4.90 Å². The lowest BCUT2D eigenvalue weighted by molar-refractivity contribution is 0.602. The third-order valence-electron chi connectivity index (χ3n) is 2.86. The van der Waals surface area contributed by atoms with Gasteiger partial charge in [0.2, 0.25) is 0 Å². The first kappa shape index (κ1) is 14.8. The van der Waals surface area contributed by atoms with Crippen molar-refractivity contribution in [1.82, 2.24) is 0 Å². The third-order valence-corrected chi connectivity index (χ3v) is 6.59. The third kappa shape index (κ3) is 3.46. The van der Waals surface area contributed by atoms with Crippen molar-refractivity contribution in [2.75, 3.05) is 6.26 Å². The molecule has 0 radical (unpaired) electrons. The molecule has 1 heterocycles. The molecule has 0 spiro atoms. The summed E-state index contributed by atoms with van der Waals surface area (Å²) in [5.74, 6) is 0. The summed E-state index contributed by atoms with van der Waals surface area (Å²) in [4.78, 5) is 2.93. The van der Waals surface area contributed by atoms with Gasteiger partial charge in [-0.3, -0.25) is 0 Å². The van der Waals surface area contributed by atoms with Crippen LogP contribution in [-0.2, 0) is 16.3 Å². The van der Waals surface area contributed by atoms with Gasteiger partial charge >= 0.3 is 0 Å². The van der Waals surface area contributed by atoms with Crippen molar-refractivity contribution in [2.45, 2.75) is 23.1 Å². The molecule has 1 aromatic heterocycles. The maximum Gasteiger partial charge on any atom is 0.175 e. The summed E-state index contributed by atoms with van der Waals surface area (Å²) in [6, 6.07) is 11.3. The number of thiophene rings is 1. The Morgan fingerprint density at radius 3 is 2.58 bits per heavy atom. The Morgan fingerprint density at radius 2 is 2.00 bits per heavy atom. The predicted molar refractivity (Wildman–Crippen MR) is 84.0 cm³/mol. The quantitative estimate of drug-likeness (QED) is 0.767.